The van der Waals surface area contributed by atoms with Crippen LogP contribution in [0.1, 0.15) is 36.0 Å². The normalized spacial score (nSPS) is 27.0. The van der Waals surface area contributed by atoms with Gasteiger partial charge >= 0.3 is 0 Å². The summed E-state index contributed by atoms with van der Waals surface area (Å²) in [5, 5.41) is 3.01. The van der Waals surface area contributed by atoms with Gasteiger partial charge in [0.05, 0.1) is 11.8 Å². The van der Waals surface area contributed by atoms with Crippen molar-refractivity contribution in [3.05, 3.63) is 63.6 Å². The molecule has 166 valence electrons. The van der Waals surface area contributed by atoms with E-state index in [4.69, 9.17) is 0 Å². The highest BCUT2D eigenvalue weighted by Crippen LogP contribution is 2.56. The lowest BCUT2D eigenvalue weighted by Crippen LogP contribution is -2.49. The number of nitrogens with one attached hydrogen (secondary N) is 1. The molecular weight excluding hydrogens is 468 g/mol. The molecular formula is C26H27BrN2O3. The third-order valence-electron chi connectivity index (χ3n) is 7.83. The van der Waals surface area contributed by atoms with Gasteiger partial charge in [0.2, 0.25) is 17.7 Å². The predicted molar refractivity (Wildman–Crippen MR) is 126 cm³/mol. The molecule has 3 aliphatic rings. The zero-order chi connectivity index (χ0) is 22.6. The standard InChI is InChI=1S/C26H27BrN2O3/c1-14-15(2)20(11-10-19(14)27)28-24(30)21(12-16-6-4-3-5-7-16)29-25(31)22-17-8-9-18(13-17)23(22)26(29)32/h3-7,10-11,17-18,21-23H,8-9,12-13H2,1-2H3,(H,28,30)/t17-,18+,21-,22-,23+/m1/s1. The number of likely N-dealkylation sites (tertiary alicyclic amines) is 1. The Kier molecular flexibility index (Phi) is 5.44. The molecule has 2 aliphatic carbocycles. The van der Waals surface area contributed by atoms with Crippen LogP contribution in [0.5, 0.6) is 0 Å². The van der Waals surface area contributed by atoms with Gasteiger partial charge in [0.25, 0.3) is 0 Å². The number of hydrogen-bond donors (Lipinski definition) is 1. The van der Waals surface area contributed by atoms with Crippen molar-refractivity contribution < 1.29 is 14.4 Å². The van der Waals surface area contributed by atoms with Gasteiger partial charge in [-0.25, -0.2) is 0 Å². The highest BCUT2D eigenvalue weighted by molar-refractivity contribution is 9.10. The molecule has 2 aromatic carbocycles. The van der Waals surface area contributed by atoms with Crippen LogP contribution in [0.4, 0.5) is 5.69 Å². The summed E-state index contributed by atoms with van der Waals surface area (Å²) < 4.78 is 0.974. The smallest absolute Gasteiger partial charge is 0.248 e. The maximum absolute atomic E-state index is 13.6. The van der Waals surface area contributed by atoms with E-state index >= 15 is 0 Å². The minimum absolute atomic E-state index is 0.146. The topological polar surface area (TPSA) is 66.5 Å². The highest BCUT2D eigenvalue weighted by Gasteiger charge is 2.62. The number of rotatable bonds is 5. The van der Waals surface area contributed by atoms with Crippen LogP contribution in [0.15, 0.2) is 46.9 Å². The Labute approximate surface area is 196 Å². The summed E-state index contributed by atoms with van der Waals surface area (Å²) in [4.78, 5) is 41.8. The van der Waals surface area contributed by atoms with Crippen LogP contribution in [0.3, 0.4) is 0 Å². The summed E-state index contributed by atoms with van der Waals surface area (Å²) in [7, 11) is 0. The molecule has 1 saturated heterocycles. The molecule has 0 unspecified atom stereocenters. The number of benzene rings is 2. The third-order valence-corrected chi connectivity index (χ3v) is 8.69. The SMILES string of the molecule is Cc1c(Br)ccc(NC(=O)[C@@H](Cc2ccccc2)N2C(=O)[C@@H]3[C@@H]4CC[C@@H](C4)[C@@H]3C2=O)c1C. The lowest BCUT2D eigenvalue weighted by atomic mass is 9.81. The van der Waals surface area contributed by atoms with Gasteiger partial charge in [-0.2, -0.15) is 0 Å². The Morgan fingerprint density at radius 1 is 1.00 bits per heavy atom. The van der Waals surface area contributed by atoms with Crippen molar-refractivity contribution in [1.82, 2.24) is 4.90 Å². The highest BCUT2D eigenvalue weighted by atomic mass is 79.9. The molecule has 0 spiro atoms. The fraction of sp³-hybridized carbons (Fsp3) is 0.423. The molecule has 1 N–H and O–H groups in total. The van der Waals surface area contributed by atoms with Crippen LogP contribution in [-0.2, 0) is 20.8 Å². The fourth-order valence-corrected chi connectivity index (χ4v) is 6.45. The first-order valence-electron chi connectivity index (χ1n) is 11.3. The lowest BCUT2D eigenvalue weighted by molar-refractivity contribution is -0.147. The van der Waals surface area contributed by atoms with Gasteiger partial charge in [0, 0.05) is 16.6 Å². The fourth-order valence-electron chi connectivity index (χ4n) is 6.02. The minimum Gasteiger partial charge on any atom is -0.324 e. The predicted octanol–water partition coefficient (Wildman–Crippen LogP) is 4.65. The van der Waals surface area contributed by atoms with Gasteiger partial charge in [-0.05, 0) is 73.8 Å². The quantitative estimate of drug-likeness (QED) is 0.615. The van der Waals surface area contributed by atoms with E-state index in [9.17, 15) is 14.4 Å². The molecule has 5 rings (SSSR count). The van der Waals surface area contributed by atoms with Gasteiger partial charge in [-0.15, -0.1) is 0 Å². The largest absolute Gasteiger partial charge is 0.324 e. The number of amides is 3. The Balaban J connectivity index is 1.47. The average molecular weight is 495 g/mol. The van der Waals surface area contributed by atoms with Crippen LogP contribution in [-0.4, -0.2) is 28.7 Å². The second-order valence-electron chi connectivity index (χ2n) is 9.47. The number of carbonyl (C=O) groups excluding carboxylic acids is 3. The van der Waals surface area contributed by atoms with E-state index < -0.39 is 6.04 Å². The lowest BCUT2D eigenvalue weighted by Gasteiger charge is -2.27. The number of imide groups is 1. The van der Waals surface area contributed by atoms with E-state index in [-0.39, 0.29) is 29.6 Å². The van der Waals surface area contributed by atoms with Crippen molar-refractivity contribution in [2.24, 2.45) is 23.7 Å². The van der Waals surface area contributed by atoms with Gasteiger partial charge < -0.3 is 5.32 Å². The molecule has 2 aromatic rings. The van der Waals surface area contributed by atoms with Crippen molar-refractivity contribution in [3.8, 4) is 0 Å². The van der Waals surface area contributed by atoms with E-state index in [1.165, 1.54) is 4.90 Å². The van der Waals surface area contributed by atoms with Crippen LogP contribution in [0.2, 0.25) is 0 Å². The number of anilines is 1. The molecule has 5 atom stereocenters. The van der Waals surface area contributed by atoms with Crippen LogP contribution in [0.25, 0.3) is 0 Å². The summed E-state index contributed by atoms with van der Waals surface area (Å²) in [5.41, 5.74) is 3.63. The van der Waals surface area contributed by atoms with Gasteiger partial charge in [0.15, 0.2) is 0 Å². The first-order valence-corrected chi connectivity index (χ1v) is 12.1. The molecule has 6 heteroatoms. The van der Waals surface area contributed by atoms with E-state index in [0.717, 1.165) is 40.4 Å². The maximum Gasteiger partial charge on any atom is 0.248 e. The van der Waals surface area contributed by atoms with Gasteiger partial charge in [-0.1, -0.05) is 46.3 Å². The maximum atomic E-state index is 13.6. The molecule has 32 heavy (non-hydrogen) atoms. The summed E-state index contributed by atoms with van der Waals surface area (Å²) in [6.07, 6.45) is 3.33. The minimum atomic E-state index is -0.856. The Hall–Kier alpha value is -2.47. The second kappa shape index (κ2) is 8.14. The Morgan fingerprint density at radius 3 is 2.25 bits per heavy atom. The zero-order valence-corrected chi connectivity index (χ0v) is 19.9. The number of nitrogens with zero attached hydrogens (tertiary/aromatic N) is 1. The van der Waals surface area contributed by atoms with Crippen molar-refractivity contribution in [3.63, 3.8) is 0 Å². The summed E-state index contributed by atoms with van der Waals surface area (Å²) >= 11 is 3.52. The molecule has 2 bridgehead atoms. The van der Waals surface area contributed by atoms with Crippen molar-refractivity contribution in [1.29, 1.82) is 0 Å². The average Bonchev–Trinajstić information content (AvgIpc) is 3.47. The van der Waals surface area contributed by atoms with E-state index in [1.54, 1.807) is 0 Å². The van der Waals surface area contributed by atoms with E-state index in [0.29, 0.717) is 23.9 Å². The number of halogens is 1. The van der Waals surface area contributed by atoms with E-state index in [2.05, 4.69) is 21.2 Å². The van der Waals surface area contributed by atoms with Crippen LogP contribution < -0.4 is 5.32 Å². The van der Waals surface area contributed by atoms with Crippen molar-refractivity contribution >= 4 is 39.3 Å². The zero-order valence-electron chi connectivity index (χ0n) is 18.3. The number of fused-ring (bicyclic) bond motifs is 5. The van der Waals surface area contributed by atoms with Gasteiger partial charge in [0.1, 0.15) is 6.04 Å². The van der Waals surface area contributed by atoms with Crippen molar-refractivity contribution in [2.45, 2.75) is 45.6 Å². The molecule has 3 amide bonds. The first-order chi connectivity index (χ1) is 15.4. The summed E-state index contributed by atoms with van der Waals surface area (Å²) in [5.74, 6) is -0.480. The van der Waals surface area contributed by atoms with Crippen LogP contribution in [0, 0.1) is 37.5 Å². The Bertz CT molecular complexity index is 1070. The summed E-state index contributed by atoms with van der Waals surface area (Å²) in [6, 6.07) is 12.5. The molecule has 5 nitrogen and oxygen atoms in total. The number of carbonyl (C=O) groups is 3. The molecule has 1 aliphatic heterocycles. The Morgan fingerprint density at radius 2 is 1.62 bits per heavy atom. The molecule has 0 aromatic heterocycles. The molecule has 0 radical (unpaired) electrons. The third kappa shape index (κ3) is 3.40. The molecule has 2 saturated carbocycles. The van der Waals surface area contributed by atoms with Gasteiger partial charge in [-0.3, -0.25) is 19.3 Å². The van der Waals surface area contributed by atoms with E-state index in [1.807, 2.05) is 56.3 Å². The summed E-state index contributed by atoms with van der Waals surface area (Å²) in [6.45, 7) is 3.94. The van der Waals surface area contributed by atoms with Crippen LogP contribution >= 0.6 is 15.9 Å². The van der Waals surface area contributed by atoms with Crippen molar-refractivity contribution in [2.75, 3.05) is 5.32 Å². The number of hydrogen-bond acceptors (Lipinski definition) is 3. The first kappa shape index (κ1) is 21.4. The monoisotopic (exact) mass is 494 g/mol. The molecule has 1 heterocycles. The molecule has 3 fully saturated rings. The second-order valence-corrected chi connectivity index (χ2v) is 10.3.